The van der Waals surface area contributed by atoms with Gasteiger partial charge in [0.15, 0.2) is 5.13 Å². The number of anilines is 1. The van der Waals surface area contributed by atoms with Crippen LogP contribution in [0, 0.1) is 6.92 Å². The lowest BCUT2D eigenvalue weighted by molar-refractivity contribution is -0.192. The van der Waals surface area contributed by atoms with Crippen molar-refractivity contribution in [3.63, 3.8) is 0 Å². The van der Waals surface area contributed by atoms with Gasteiger partial charge in [-0.25, -0.2) is 9.78 Å². The number of nitrogen functional groups attached to an aromatic ring is 1. The number of aryl methyl sites for hydroxylation is 1. The Morgan fingerprint density at radius 2 is 1.83 bits per heavy atom. The number of carboxylic acid groups (broad SMARTS) is 1. The van der Waals surface area contributed by atoms with Gasteiger partial charge in [-0.1, -0.05) is 23.5 Å². The first-order chi connectivity index (χ1) is 13.5. The Balaban J connectivity index is 0.000000516. The molecule has 0 aliphatic carbocycles. The number of thioether (sulfide) groups is 1. The van der Waals surface area contributed by atoms with Crippen LogP contribution < -0.4 is 5.73 Å². The topological polar surface area (TPSA) is 117 Å². The standard InChI is InChI=1S/C15H19N3O2S2.C2HF3O2/c1-10-13(22-15(16)17-10)14(20)18(7-8-19)9-11-3-5-12(21-2)6-4-11;3-2(4,5)1(6)7/h3-6,19H,7-9H2,1-2H3,(H2,16,17);(H,6,7). The van der Waals surface area contributed by atoms with Crippen molar-refractivity contribution in [1.82, 2.24) is 9.88 Å². The maximum absolute atomic E-state index is 12.6. The second-order valence-electron chi connectivity index (χ2n) is 5.57. The van der Waals surface area contributed by atoms with E-state index in [0.717, 1.165) is 5.56 Å². The molecule has 0 aliphatic heterocycles. The predicted octanol–water partition coefficient (Wildman–Crippen LogP) is 3.02. The predicted molar refractivity (Wildman–Crippen MR) is 105 cm³/mol. The van der Waals surface area contributed by atoms with Crippen LogP contribution in [0.1, 0.15) is 20.9 Å². The van der Waals surface area contributed by atoms with Gasteiger partial charge in [-0.3, -0.25) is 4.79 Å². The molecule has 160 valence electrons. The summed E-state index contributed by atoms with van der Waals surface area (Å²) in [6, 6.07) is 8.05. The summed E-state index contributed by atoms with van der Waals surface area (Å²) < 4.78 is 31.7. The van der Waals surface area contributed by atoms with Crippen LogP contribution in [-0.2, 0) is 11.3 Å². The lowest BCUT2D eigenvalue weighted by Crippen LogP contribution is -2.33. The summed E-state index contributed by atoms with van der Waals surface area (Å²) in [5.41, 5.74) is 7.32. The Morgan fingerprint density at radius 3 is 2.21 bits per heavy atom. The summed E-state index contributed by atoms with van der Waals surface area (Å²) in [6.07, 6.45) is -3.06. The number of thiazole rings is 1. The third-order valence-electron chi connectivity index (χ3n) is 3.44. The fourth-order valence-electron chi connectivity index (χ4n) is 2.08. The summed E-state index contributed by atoms with van der Waals surface area (Å²) in [6.45, 7) is 2.41. The van der Waals surface area contributed by atoms with Gasteiger partial charge in [0.1, 0.15) is 4.88 Å². The van der Waals surface area contributed by atoms with Gasteiger partial charge in [0.25, 0.3) is 5.91 Å². The quantitative estimate of drug-likeness (QED) is 0.578. The Labute approximate surface area is 173 Å². The van der Waals surface area contributed by atoms with E-state index in [1.165, 1.54) is 16.2 Å². The van der Waals surface area contributed by atoms with Crippen molar-refractivity contribution in [2.24, 2.45) is 0 Å². The fraction of sp³-hybridized carbons (Fsp3) is 0.353. The number of nitrogens with two attached hydrogens (primary N) is 1. The summed E-state index contributed by atoms with van der Waals surface area (Å²) in [7, 11) is 0. The van der Waals surface area contributed by atoms with Gasteiger partial charge in [0.05, 0.1) is 12.3 Å². The molecule has 1 amide bonds. The number of benzene rings is 1. The molecule has 0 bridgehead atoms. The van der Waals surface area contributed by atoms with Gasteiger partial charge in [0, 0.05) is 18.0 Å². The SMILES string of the molecule is CSc1ccc(CN(CCO)C(=O)c2sc(N)nc2C)cc1.O=C(O)C(F)(F)F. The minimum Gasteiger partial charge on any atom is -0.475 e. The molecule has 0 atom stereocenters. The number of nitrogens with zero attached hydrogens (tertiary/aromatic N) is 2. The summed E-state index contributed by atoms with van der Waals surface area (Å²) in [5, 5.41) is 16.7. The molecule has 0 fully saturated rings. The molecular weight excluding hydrogens is 431 g/mol. The third-order valence-corrected chi connectivity index (χ3v) is 5.16. The Kier molecular flexibility index (Phi) is 9.40. The minimum atomic E-state index is -5.08. The van der Waals surface area contributed by atoms with E-state index in [4.69, 9.17) is 15.6 Å². The molecule has 0 radical (unpaired) electrons. The number of aliphatic hydroxyl groups is 1. The molecular formula is C17H20F3N3O4S2. The highest BCUT2D eigenvalue weighted by Gasteiger charge is 2.38. The van der Waals surface area contributed by atoms with E-state index in [2.05, 4.69) is 4.98 Å². The van der Waals surface area contributed by atoms with Gasteiger partial charge >= 0.3 is 12.1 Å². The first-order valence-electron chi connectivity index (χ1n) is 8.05. The number of alkyl halides is 3. The van der Waals surface area contributed by atoms with Gasteiger partial charge < -0.3 is 20.8 Å². The summed E-state index contributed by atoms with van der Waals surface area (Å²) in [4.78, 5) is 28.9. The molecule has 1 aromatic heterocycles. The zero-order chi connectivity index (χ0) is 22.2. The number of aliphatic hydroxyl groups excluding tert-OH is 1. The molecule has 4 N–H and O–H groups in total. The lowest BCUT2D eigenvalue weighted by Gasteiger charge is -2.21. The van der Waals surface area contributed by atoms with E-state index in [9.17, 15) is 23.1 Å². The van der Waals surface area contributed by atoms with Crippen LogP contribution in [0.5, 0.6) is 0 Å². The van der Waals surface area contributed by atoms with Crippen molar-refractivity contribution in [3.05, 3.63) is 40.4 Å². The Hall–Kier alpha value is -2.31. The second kappa shape index (κ2) is 11.0. The molecule has 0 saturated carbocycles. The average Bonchev–Trinajstić information content (AvgIpc) is 2.99. The Morgan fingerprint density at radius 1 is 1.28 bits per heavy atom. The number of carbonyl (C=O) groups is 2. The van der Waals surface area contributed by atoms with Crippen molar-refractivity contribution in [3.8, 4) is 0 Å². The van der Waals surface area contributed by atoms with E-state index < -0.39 is 12.1 Å². The van der Waals surface area contributed by atoms with Gasteiger partial charge in [-0.05, 0) is 30.9 Å². The number of hydrogen-bond donors (Lipinski definition) is 3. The number of carboxylic acids is 1. The number of aromatic nitrogens is 1. The highest BCUT2D eigenvalue weighted by Crippen LogP contribution is 2.23. The highest BCUT2D eigenvalue weighted by atomic mass is 32.2. The number of rotatable bonds is 6. The molecule has 0 spiro atoms. The van der Waals surface area contributed by atoms with Crippen molar-refractivity contribution in [1.29, 1.82) is 0 Å². The fourth-order valence-corrected chi connectivity index (χ4v) is 3.29. The normalized spacial score (nSPS) is 10.8. The minimum absolute atomic E-state index is 0.0814. The molecule has 2 rings (SSSR count). The molecule has 1 heterocycles. The van der Waals surface area contributed by atoms with Crippen LogP contribution in [0.4, 0.5) is 18.3 Å². The third kappa shape index (κ3) is 7.91. The van der Waals surface area contributed by atoms with E-state index in [1.807, 2.05) is 30.5 Å². The molecule has 0 saturated heterocycles. The molecule has 0 aliphatic rings. The summed E-state index contributed by atoms with van der Waals surface area (Å²) >= 11 is 2.86. The lowest BCUT2D eigenvalue weighted by atomic mass is 10.2. The molecule has 12 heteroatoms. The van der Waals surface area contributed by atoms with Crippen LogP contribution in [0.25, 0.3) is 0 Å². The van der Waals surface area contributed by atoms with Crippen LogP contribution in [0.2, 0.25) is 0 Å². The van der Waals surface area contributed by atoms with E-state index >= 15 is 0 Å². The van der Waals surface area contributed by atoms with E-state index in [1.54, 1.807) is 23.6 Å². The Bertz CT molecular complexity index is 826. The number of halogens is 3. The first-order valence-corrected chi connectivity index (χ1v) is 10.1. The smallest absolute Gasteiger partial charge is 0.475 e. The van der Waals surface area contributed by atoms with Crippen LogP contribution in [-0.4, -0.2) is 57.6 Å². The van der Waals surface area contributed by atoms with E-state index in [-0.39, 0.29) is 19.1 Å². The van der Waals surface area contributed by atoms with Crippen LogP contribution in [0.15, 0.2) is 29.2 Å². The molecule has 2 aromatic rings. The maximum Gasteiger partial charge on any atom is 0.490 e. The van der Waals surface area contributed by atoms with Crippen LogP contribution in [0.3, 0.4) is 0 Å². The highest BCUT2D eigenvalue weighted by molar-refractivity contribution is 7.98. The number of carbonyl (C=O) groups excluding carboxylic acids is 1. The van der Waals surface area contributed by atoms with Crippen LogP contribution >= 0.6 is 23.1 Å². The summed E-state index contributed by atoms with van der Waals surface area (Å²) in [5.74, 6) is -2.90. The van der Waals surface area contributed by atoms with Gasteiger partial charge in [-0.2, -0.15) is 13.2 Å². The molecule has 29 heavy (non-hydrogen) atoms. The largest absolute Gasteiger partial charge is 0.490 e. The van der Waals surface area contributed by atoms with Crippen molar-refractivity contribution in [2.45, 2.75) is 24.5 Å². The van der Waals surface area contributed by atoms with Gasteiger partial charge in [-0.15, -0.1) is 11.8 Å². The molecule has 7 nitrogen and oxygen atoms in total. The van der Waals surface area contributed by atoms with E-state index in [0.29, 0.717) is 22.2 Å². The second-order valence-corrected chi connectivity index (χ2v) is 7.48. The number of hydrogen-bond acceptors (Lipinski definition) is 7. The number of amides is 1. The van der Waals surface area contributed by atoms with Gasteiger partial charge in [0.2, 0.25) is 0 Å². The van der Waals surface area contributed by atoms with Crippen molar-refractivity contribution >= 4 is 40.1 Å². The van der Waals surface area contributed by atoms with Crippen molar-refractivity contribution < 1.29 is 33.0 Å². The molecule has 0 unspecified atom stereocenters. The zero-order valence-corrected chi connectivity index (χ0v) is 17.2. The molecule has 1 aromatic carbocycles. The monoisotopic (exact) mass is 451 g/mol. The number of aliphatic carboxylic acids is 1. The van der Waals surface area contributed by atoms with Crippen molar-refractivity contribution in [2.75, 3.05) is 25.1 Å². The average molecular weight is 451 g/mol. The zero-order valence-electron chi connectivity index (χ0n) is 15.6. The first kappa shape index (κ1) is 24.7. The maximum atomic E-state index is 12.6.